The molecule has 1 aromatic heterocycles. The van der Waals surface area contributed by atoms with E-state index >= 15 is 0 Å². The molecule has 0 saturated carbocycles. The Balaban J connectivity index is 2.43. The summed E-state index contributed by atoms with van der Waals surface area (Å²) in [5, 5.41) is 0. The number of rotatable bonds is 4. The highest BCUT2D eigenvalue weighted by atomic mass is 35.5. The minimum absolute atomic E-state index is 0.00653. The van der Waals surface area contributed by atoms with E-state index in [0.717, 1.165) is 15.6 Å². The molecule has 116 valence electrons. The van der Waals surface area contributed by atoms with Gasteiger partial charge in [0.2, 0.25) is 0 Å². The molecule has 0 radical (unpaired) electrons. The van der Waals surface area contributed by atoms with Gasteiger partial charge in [-0.05, 0) is 13.3 Å². The van der Waals surface area contributed by atoms with E-state index in [1.54, 1.807) is 0 Å². The third kappa shape index (κ3) is 3.40. The molecule has 0 bridgehead atoms. The monoisotopic (exact) mass is 368 g/mol. The van der Waals surface area contributed by atoms with Crippen molar-refractivity contribution in [2.24, 2.45) is 0 Å². The van der Waals surface area contributed by atoms with Gasteiger partial charge in [0.25, 0.3) is 10.0 Å². The van der Waals surface area contributed by atoms with Crippen LogP contribution in [0.5, 0.6) is 0 Å². The Hall–Kier alpha value is -0.660. The molecular weight excluding hydrogens is 356 g/mol. The molecule has 1 aliphatic rings. The lowest BCUT2D eigenvalue weighted by atomic mass is 10.3. The van der Waals surface area contributed by atoms with E-state index in [2.05, 4.69) is 10.9 Å². The second-order valence-electron chi connectivity index (χ2n) is 4.65. The number of nitrogens with zero attached hydrogens (tertiary/aromatic N) is 2. The zero-order chi connectivity index (χ0) is 15.8. The Morgan fingerprint density at radius 2 is 2.24 bits per heavy atom. The SMILES string of the molecule is C#CCN(C1CCS(=O)(=O)C1)S(=O)(=O)c1sc(Cl)nc1C. The summed E-state index contributed by atoms with van der Waals surface area (Å²) in [5.74, 6) is 2.04. The summed E-state index contributed by atoms with van der Waals surface area (Å²) in [7, 11) is -7.13. The van der Waals surface area contributed by atoms with Gasteiger partial charge >= 0.3 is 0 Å². The van der Waals surface area contributed by atoms with Crippen molar-refractivity contribution >= 4 is 42.8 Å². The Morgan fingerprint density at radius 1 is 1.57 bits per heavy atom. The van der Waals surface area contributed by atoms with Gasteiger partial charge in [-0.3, -0.25) is 0 Å². The van der Waals surface area contributed by atoms with Crippen molar-refractivity contribution in [3.8, 4) is 12.3 Å². The van der Waals surface area contributed by atoms with Gasteiger partial charge in [-0.2, -0.15) is 4.31 Å². The zero-order valence-electron chi connectivity index (χ0n) is 11.1. The molecule has 0 aromatic carbocycles. The van der Waals surface area contributed by atoms with Crippen LogP contribution in [-0.2, 0) is 19.9 Å². The topological polar surface area (TPSA) is 84.4 Å². The van der Waals surface area contributed by atoms with Gasteiger partial charge in [0, 0.05) is 6.04 Å². The molecule has 10 heteroatoms. The largest absolute Gasteiger partial charge is 0.255 e. The second kappa shape index (κ2) is 5.85. The van der Waals surface area contributed by atoms with Crippen molar-refractivity contribution in [2.45, 2.75) is 23.6 Å². The summed E-state index contributed by atoms with van der Waals surface area (Å²) >= 11 is 6.59. The summed E-state index contributed by atoms with van der Waals surface area (Å²) in [6, 6.07) is -0.642. The van der Waals surface area contributed by atoms with Gasteiger partial charge < -0.3 is 0 Å². The Kier molecular flexibility index (Phi) is 4.66. The average molecular weight is 369 g/mol. The summed E-state index contributed by atoms with van der Waals surface area (Å²) in [5.41, 5.74) is 0.285. The van der Waals surface area contributed by atoms with E-state index in [-0.39, 0.29) is 38.8 Å². The third-order valence-electron chi connectivity index (χ3n) is 3.13. The highest BCUT2D eigenvalue weighted by Gasteiger charge is 2.39. The average Bonchev–Trinajstić information content (AvgIpc) is 2.88. The van der Waals surface area contributed by atoms with Gasteiger partial charge in [-0.25, -0.2) is 21.8 Å². The lowest BCUT2D eigenvalue weighted by Crippen LogP contribution is -2.41. The summed E-state index contributed by atoms with van der Waals surface area (Å²) in [6.07, 6.45) is 5.48. The van der Waals surface area contributed by atoms with Crippen LogP contribution >= 0.6 is 22.9 Å². The van der Waals surface area contributed by atoms with E-state index in [9.17, 15) is 16.8 Å². The van der Waals surface area contributed by atoms with Crippen LogP contribution in [0.15, 0.2) is 4.21 Å². The number of thiazole rings is 1. The molecule has 1 saturated heterocycles. The molecule has 2 rings (SSSR count). The standard InChI is InChI=1S/C11H13ClN2O4S3/c1-3-5-14(9-4-6-20(15,16)7-9)21(17,18)10-8(2)13-11(12)19-10/h1,9H,4-7H2,2H3. The predicted octanol–water partition coefficient (Wildman–Crippen LogP) is 0.916. The Bertz CT molecular complexity index is 792. The minimum Gasteiger partial charge on any atom is -0.229 e. The van der Waals surface area contributed by atoms with Gasteiger partial charge in [0.1, 0.15) is 0 Å². The molecule has 6 nitrogen and oxygen atoms in total. The van der Waals surface area contributed by atoms with E-state index < -0.39 is 25.9 Å². The Labute approximate surface area is 133 Å². The van der Waals surface area contributed by atoms with Gasteiger partial charge in [-0.1, -0.05) is 28.9 Å². The van der Waals surface area contributed by atoms with Crippen LogP contribution in [0.25, 0.3) is 0 Å². The first-order valence-electron chi connectivity index (χ1n) is 5.96. The molecule has 2 heterocycles. The van der Waals surface area contributed by atoms with Crippen LogP contribution < -0.4 is 0 Å². The molecule has 1 aromatic rings. The molecule has 0 spiro atoms. The van der Waals surface area contributed by atoms with E-state index in [1.807, 2.05) is 0 Å². The number of terminal acetylenes is 1. The summed E-state index contributed by atoms with van der Waals surface area (Å²) < 4.78 is 49.8. The maximum Gasteiger partial charge on any atom is 0.255 e. The number of aryl methyl sites for hydroxylation is 1. The Morgan fingerprint density at radius 3 is 2.67 bits per heavy atom. The molecule has 0 aliphatic carbocycles. The smallest absolute Gasteiger partial charge is 0.229 e. The number of sulfonamides is 1. The first kappa shape index (κ1) is 16.7. The molecule has 21 heavy (non-hydrogen) atoms. The van der Waals surface area contributed by atoms with Crippen LogP contribution in [0.1, 0.15) is 12.1 Å². The molecule has 1 atom stereocenters. The molecular formula is C11H13ClN2O4S3. The fraction of sp³-hybridized carbons (Fsp3) is 0.545. The normalized spacial score (nSPS) is 21.5. The van der Waals surface area contributed by atoms with Crippen molar-refractivity contribution < 1.29 is 16.8 Å². The number of hydrogen-bond donors (Lipinski definition) is 0. The number of hydrogen-bond acceptors (Lipinski definition) is 6. The zero-order valence-corrected chi connectivity index (χ0v) is 14.3. The summed E-state index contributed by atoms with van der Waals surface area (Å²) in [4.78, 5) is 3.88. The lowest BCUT2D eigenvalue weighted by molar-refractivity contribution is 0.372. The van der Waals surface area contributed by atoms with Crippen molar-refractivity contribution in [3.63, 3.8) is 0 Å². The second-order valence-corrected chi connectivity index (χ2v) is 10.5. The number of aromatic nitrogens is 1. The van der Waals surface area contributed by atoms with Crippen molar-refractivity contribution in [2.75, 3.05) is 18.1 Å². The van der Waals surface area contributed by atoms with E-state index in [0.29, 0.717) is 0 Å². The van der Waals surface area contributed by atoms with Crippen LogP contribution in [0.2, 0.25) is 4.47 Å². The molecule has 0 amide bonds. The van der Waals surface area contributed by atoms with Gasteiger partial charge in [0.05, 0.1) is 23.7 Å². The van der Waals surface area contributed by atoms with Crippen LogP contribution in [0, 0.1) is 19.3 Å². The first-order valence-corrected chi connectivity index (χ1v) is 10.4. The van der Waals surface area contributed by atoms with Crippen molar-refractivity contribution in [1.29, 1.82) is 0 Å². The van der Waals surface area contributed by atoms with Crippen molar-refractivity contribution in [3.05, 3.63) is 10.2 Å². The highest BCUT2D eigenvalue weighted by Crippen LogP contribution is 2.32. The maximum atomic E-state index is 12.7. The van der Waals surface area contributed by atoms with Crippen LogP contribution in [0.4, 0.5) is 0 Å². The number of halogens is 1. The van der Waals surface area contributed by atoms with Crippen molar-refractivity contribution in [1.82, 2.24) is 9.29 Å². The van der Waals surface area contributed by atoms with E-state index in [4.69, 9.17) is 18.0 Å². The van der Waals surface area contributed by atoms with Crippen LogP contribution in [0.3, 0.4) is 0 Å². The molecule has 1 fully saturated rings. The lowest BCUT2D eigenvalue weighted by Gasteiger charge is -2.24. The fourth-order valence-corrected chi connectivity index (χ4v) is 7.44. The molecule has 1 aliphatic heterocycles. The molecule has 0 N–H and O–H groups in total. The number of sulfone groups is 1. The van der Waals surface area contributed by atoms with E-state index in [1.165, 1.54) is 6.92 Å². The maximum absolute atomic E-state index is 12.7. The first-order chi connectivity index (χ1) is 9.67. The fourth-order valence-electron chi connectivity index (χ4n) is 2.20. The van der Waals surface area contributed by atoms with Gasteiger partial charge in [0.15, 0.2) is 18.5 Å². The highest BCUT2D eigenvalue weighted by molar-refractivity contribution is 7.92. The quantitative estimate of drug-likeness (QED) is 0.738. The molecule has 1 unspecified atom stereocenters. The predicted molar refractivity (Wildman–Crippen MR) is 81.6 cm³/mol. The summed E-state index contributed by atoms with van der Waals surface area (Å²) in [6.45, 7) is 1.35. The minimum atomic E-state index is -3.91. The van der Waals surface area contributed by atoms with Gasteiger partial charge in [-0.15, -0.1) is 6.42 Å². The van der Waals surface area contributed by atoms with Crippen LogP contribution in [-0.4, -0.2) is 50.2 Å². The third-order valence-corrected chi connectivity index (χ3v) is 8.63.